The maximum absolute atomic E-state index is 11.7. The number of hydrogen-bond acceptors (Lipinski definition) is 3. The minimum atomic E-state index is -0.474. The summed E-state index contributed by atoms with van der Waals surface area (Å²) in [5.41, 5.74) is -0.474. The first-order valence-corrected chi connectivity index (χ1v) is 5.92. The van der Waals surface area contributed by atoms with Gasteiger partial charge in [0.2, 0.25) is 0 Å². The summed E-state index contributed by atoms with van der Waals surface area (Å²) in [6.45, 7) is 5.52. The van der Waals surface area contributed by atoms with Crippen LogP contribution in [0.15, 0.2) is 0 Å². The van der Waals surface area contributed by atoms with Crippen LogP contribution < -0.4 is 5.32 Å². The Morgan fingerprint density at radius 3 is 2.50 bits per heavy atom. The summed E-state index contributed by atoms with van der Waals surface area (Å²) in [6, 6.07) is 0.0531. The summed E-state index contributed by atoms with van der Waals surface area (Å²) in [5, 5.41) is 2.87. The van der Waals surface area contributed by atoms with Crippen molar-refractivity contribution in [1.29, 1.82) is 0 Å². The highest BCUT2D eigenvalue weighted by Gasteiger charge is 2.74. The van der Waals surface area contributed by atoms with Crippen LogP contribution in [0.3, 0.4) is 0 Å². The fourth-order valence-electron chi connectivity index (χ4n) is 3.48. The highest BCUT2D eigenvalue weighted by atomic mass is 16.6. The topological polar surface area (TPSA) is 55.4 Å². The minimum absolute atomic E-state index is 0.0531. The molecule has 0 aliphatic heterocycles. The molecule has 4 fully saturated rings. The Labute approximate surface area is 94.7 Å². The van der Waals surface area contributed by atoms with E-state index in [4.69, 9.17) is 4.74 Å². The molecular formula is C12H17NO3. The summed E-state index contributed by atoms with van der Waals surface area (Å²) in [4.78, 5) is 23.3. The van der Waals surface area contributed by atoms with Crippen molar-refractivity contribution in [1.82, 2.24) is 5.32 Å². The molecule has 0 radical (unpaired) electrons. The van der Waals surface area contributed by atoms with E-state index < -0.39 is 5.60 Å². The average molecular weight is 223 g/mol. The minimum Gasteiger partial charge on any atom is -0.444 e. The number of alkyl carbamates (subject to hydrolysis) is 1. The molecule has 0 aromatic carbocycles. The number of ether oxygens (including phenoxy) is 1. The summed E-state index contributed by atoms with van der Waals surface area (Å²) in [7, 11) is 0. The molecule has 1 N–H and O–H groups in total. The molecule has 4 nitrogen and oxygen atoms in total. The van der Waals surface area contributed by atoms with Crippen LogP contribution in [0.4, 0.5) is 4.79 Å². The maximum atomic E-state index is 11.7. The van der Waals surface area contributed by atoms with Crippen LogP contribution in [-0.2, 0) is 9.53 Å². The smallest absolute Gasteiger partial charge is 0.407 e. The van der Waals surface area contributed by atoms with Crippen LogP contribution in [0.2, 0.25) is 0 Å². The molecule has 0 aromatic heterocycles. The first kappa shape index (κ1) is 10.1. The van der Waals surface area contributed by atoms with E-state index >= 15 is 0 Å². The second kappa shape index (κ2) is 2.79. The molecule has 88 valence electrons. The fraction of sp³-hybridized carbons (Fsp3) is 0.833. The van der Waals surface area contributed by atoms with E-state index in [1.807, 2.05) is 20.8 Å². The molecule has 16 heavy (non-hydrogen) atoms. The van der Waals surface area contributed by atoms with Gasteiger partial charge in [-0.25, -0.2) is 4.79 Å². The first-order chi connectivity index (χ1) is 7.38. The lowest BCUT2D eigenvalue weighted by Gasteiger charge is -2.22. The zero-order chi connectivity index (χ0) is 11.7. The van der Waals surface area contributed by atoms with Gasteiger partial charge in [0.25, 0.3) is 0 Å². The van der Waals surface area contributed by atoms with E-state index in [-0.39, 0.29) is 24.0 Å². The molecule has 5 unspecified atom stereocenters. The van der Waals surface area contributed by atoms with Crippen molar-refractivity contribution in [3.63, 3.8) is 0 Å². The lowest BCUT2D eigenvalue weighted by molar-refractivity contribution is -0.121. The van der Waals surface area contributed by atoms with Crippen LogP contribution in [0.25, 0.3) is 0 Å². The van der Waals surface area contributed by atoms with E-state index in [2.05, 4.69) is 5.32 Å². The highest BCUT2D eigenvalue weighted by Crippen LogP contribution is 2.68. The van der Waals surface area contributed by atoms with Crippen LogP contribution >= 0.6 is 0 Å². The SMILES string of the molecule is CC(C)(C)OC(=O)NC1C2CC3C(C2=O)C31. The number of carbonyl (C=O) groups is 2. The normalized spacial score (nSPS) is 43.4. The van der Waals surface area contributed by atoms with Gasteiger partial charge < -0.3 is 10.1 Å². The summed E-state index contributed by atoms with van der Waals surface area (Å²) < 4.78 is 5.21. The average Bonchev–Trinajstić information content (AvgIpc) is 2.43. The molecular weight excluding hydrogens is 206 g/mol. The van der Waals surface area contributed by atoms with E-state index in [0.29, 0.717) is 17.6 Å². The Hall–Kier alpha value is -1.06. The van der Waals surface area contributed by atoms with Gasteiger partial charge in [-0.05, 0) is 39.0 Å². The Morgan fingerprint density at radius 1 is 1.44 bits per heavy atom. The molecule has 4 bridgehead atoms. The van der Waals surface area contributed by atoms with Gasteiger partial charge in [-0.1, -0.05) is 0 Å². The van der Waals surface area contributed by atoms with E-state index in [1.54, 1.807) is 0 Å². The lowest BCUT2D eigenvalue weighted by atomic mass is 10.1. The lowest BCUT2D eigenvalue weighted by Crippen LogP contribution is -2.41. The largest absolute Gasteiger partial charge is 0.444 e. The number of ketones is 1. The van der Waals surface area contributed by atoms with Crippen molar-refractivity contribution >= 4 is 11.9 Å². The molecule has 1 amide bonds. The van der Waals surface area contributed by atoms with Gasteiger partial charge in [0, 0.05) is 17.9 Å². The van der Waals surface area contributed by atoms with Gasteiger partial charge >= 0.3 is 6.09 Å². The Bertz CT molecular complexity index is 371. The van der Waals surface area contributed by atoms with Gasteiger partial charge in [0.15, 0.2) is 0 Å². The Morgan fingerprint density at radius 2 is 2.12 bits per heavy atom. The molecule has 4 heteroatoms. The van der Waals surface area contributed by atoms with Crippen LogP contribution in [0.5, 0.6) is 0 Å². The standard InChI is InChI=1S/C12H17NO3/c1-12(2,3)16-11(15)13-9-6-4-5-7(9)8(5)10(6)14/h5-9H,4H2,1-3H3,(H,13,15). The van der Waals surface area contributed by atoms with Gasteiger partial charge in [0.05, 0.1) is 0 Å². The van der Waals surface area contributed by atoms with Crippen molar-refractivity contribution in [2.24, 2.45) is 23.7 Å². The number of carbonyl (C=O) groups excluding carboxylic acids is 2. The molecule has 0 aromatic rings. The van der Waals surface area contributed by atoms with Crippen LogP contribution in [-0.4, -0.2) is 23.5 Å². The Balaban J connectivity index is 1.61. The third-order valence-corrected chi connectivity index (χ3v) is 3.98. The van der Waals surface area contributed by atoms with Crippen molar-refractivity contribution in [3.8, 4) is 0 Å². The van der Waals surface area contributed by atoms with E-state index in [1.165, 1.54) is 0 Å². The number of hydrogen-bond donors (Lipinski definition) is 1. The van der Waals surface area contributed by atoms with Crippen molar-refractivity contribution < 1.29 is 14.3 Å². The molecule has 0 spiro atoms. The first-order valence-electron chi connectivity index (χ1n) is 5.92. The Kier molecular flexibility index (Phi) is 1.76. The fourth-order valence-corrected chi connectivity index (χ4v) is 3.48. The zero-order valence-electron chi connectivity index (χ0n) is 9.82. The second-order valence-electron chi connectivity index (χ2n) is 6.18. The van der Waals surface area contributed by atoms with Crippen LogP contribution in [0.1, 0.15) is 27.2 Å². The van der Waals surface area contributed by atoms with Gasteiger partial charge in [0.1, 0.15) is 11.4 Å². The van der Waals surface area contributed by atoms with Crippen molar-refractivity contribution in [2.45, 2.75) is 38.8 Å². The third-order valence-electron chi connectivity index (χ3n) is 3.98. The van der Waals surface area contributed by atoms with Gasteiger partial charge in [-0.3, -0.25) is 4.79 Å². The van der Waals surface area contributed by atoms with Crippen molar-refractivity contribution in [2.75, 3.05) is 0 Å². The summed E-state index contributed by atoms with van der Waals surface area (Å²) in [6.07, 6.45) is 0.595. The third kappa shape index (κ3) is 1.28. The predicted octanol–water partition coefficient (Wildman–Crippen LogP) is 1.34. The van der Waals surface area contributed by atoms with Gasteiger partial charge in [-0.15, -0.1) is 0 Å². The number of rotatable bonds is 1. The molecule has 5 atom stereocenters. The quantitative estimate of drug-likeness (QED) is 0.730. The predicted molar refractivity (Wildman–Crippen MR) is 56.7 cm³/mol. The molecule has 4 saturated carbocycles. The molecule has 4 aliphatic rings. The number of amides is 1. The van der Waals surface area contributed by atoms with E-state index in [0.717, 1.165) is 6.42 Å². The van der Waals surface area contributed by atoms with E-state index in [9.17, 15) is 9.59 Å². The number of Topliss-reactive ketones (excluding diaryl/α,β-unsaturated/α-hetero) is 1. The molecule has 0 heterocycles. The molecule has 0 saturated heterocycles. The zero-order valence-corrected chi connectivity index (χ0v) is 9.82. The molecule has 4 rings (SSSR count). The second-order valence-corrected chi connectivity index (χ2v) is 6.18. The summed E-state index contributed by atoms with van der Waals surface area (Å²) >= 11 is 0. The molecule has 4 aliphatic carbocycles. The summed E-state index contributed by atoms with van der Waals surface area (Å²) in [5.74, 6) is 1.70. The monoisotopic (exact) mass is 223 g/mol. The number of nitrogens with one attached hydrogen (secondary N) is 1. The van der Waals surface area contributed by atoms with Crippen molar-refractivity contribution in [3.05, 3.63) is 0 Å². The maximum Gasteiger partial charge on any atom is 0.407 e. The van der Waals surface area contributed by atoms with Crippen LogP contribution in [0, 0.1) is 23.7 Å². The van der Waals surface area contributed by atoms with Gasteiger partial charge in [-0.2, -0.15) is 0 Å². The highest BCUT2D eigenvalue weighted by molar-refractivity contribution is 5.94.